The first-order valence-corrected chi connectivity index (χ1v) is 6.28. The predicted octanol–water partition coefficient (Wildman–Crippen LogP) is -0.765. The molecule has 1 aliphatic rings. The van der Waals surface area contributed by atoms with Crippen LogP contribution in [-0.2, 0) is 11.3 Å². The smallest absolute Gasteiger partial charge is 0.358 e. The summed E-state index contributed by atoms with van der Waals surface area (Å²) in [6.45, 7) is 1.72. The van der Waals surface area contributed by atoms with Crippen LogP contribution in [0.15, 0.2) is 6.20 Å². The van der Waals surface area contributed by atoms with Gasteiger partial charge in [-0.15, -0.1) is 5.10 Å². The molecular weight excluding hydrogens is 250 g/mol. The Balaban J connectivity index is 1.55. The lowest BCUT2D eigenvalue weighted by molar-refractivity contribution is -0.121. The number of hydrogen-bond acceptors (Lipinski definition) is 5. The fourth-order valence-corrected chi connectivity index (χ4v) is 1.55. The Morgan fingerprint density at radius 1 is 1.42 bits per heavy atom. The molecule has 1 aliphatic carbocycles. The first-order chi connectivity index (χ1) is 9.15. The van der Waals surface area contributed by atoms with E-state index in [1.54, 1.807) is 0 Å². The summed E-state index contributed by atoms with van der Waals surface area (Å²) in [6.07, 6.45) is 4.02. The van der Waals surface area contributed by atoms with Crippen LogP contribution < -0.4 is 10.6 Å². The average Bonchev–Trinajstić information content (AvgIpc) is 3.04. The molecule has 0 atom stereocenters. The Bertz CT molecular complexity index is 455. The van der Waals surface area contributed by atoms with Gasteiger partial charge in [-0.3, -0.25) is 9.48 Å². The van der Waals surface area contributed by atoms with Crippen molar-refractivity contribution in [2.75, 3.05) is 13.1 Å². The van der Waals surface area contributed by atoms with Crippen molar-refractivity contribution in [3.63, 3.8) is 0 Å². The number of carbonyl (C=O) groups is 2. The number of nitrogens with one attached hydrogen (secondary N) is 2. The molecule has 8 nitrogen and oxygen atoms in total. The molecular formula is C11H17N5O3. The topological polar surface area (TPSA) is 109 Å². The molecule has 0 spiro atoms. The predicted molar refractivity (Wildman–Crippen MR) is 65.6 cm³/mol. The van der Waals surface area contributed by atoms with Crippen LogP contribution in [0.3, 0.4) is 0 Å². The molecule has 0 radical (unpaired) electrons. The quantitative estimate of drug-likeness (QED) is 0.534. The zero-order valence-corrected chi connectivity index (χ0v) is 10.5. The van der Waals surface area contributed by atoms with Crippen molar-refractivity contribution in [3.8, 4) is 0 Å². The maximum absolute atomic E-state index is 11.4. The summed E-state index contributed by atoms with van der Waals surface area (Å²) in [4.78, 5) is 21.9. The fourth-order valence-electron chi connectivity index (χ4n) is 1.55. The molecule has 1 aromatic rings. The number of aromatic nitrogens is 3. The van der Waals surface area contributed by atoms with Gasteiger partial charge in [0.05, 0.1) is 12.7 Å². The lowest BCUT2D eigenvalue weighted by Gasteiger charge is -2.05. The van der Waals surface area contributed by atoms with E-state index in [9.17, 15) is 9.59 Å². The summed E-state index contributed by atoms with van der Waals surface area (Å²) in [7, 11) is 0. The van der Waals surface area contributed by atoms with Gasteiger partial charge in [0, 0.05) is 25.6 Å². The highest BCUT2D eigenvalue weighted by Crippen LogP contribution is 2.18. The van der Waals surface area contributed by atoms with E-state index < -0.39 is 5.97 Å². The van der Waals surface area contributed by atoms with Gasteiger partial charge >= 0.3 is 5.97 Å². The number of aromatic carboxylic acids is 1. The highest BCUT2D eigenvalue weighted by atomic mass is 16.4. The number of rotatable bonds is 8. The third kappa shape index (κ3) is 4.66. The Labute approximate surface area is 110 Å². The van der Waals surface area contributed by atoms with Crippen LogP contribution in [0.4, 0.5) is 0 Å². The van der Waals surface area contributed by atoms with Crippen LogP contribution in [0.1, 0.15) is 29.8 Å². The van der Waals surface area contributed by atoms with Gasteiger partial charge in [-0.2, -0.15) is 0 Å². The standard InChI is InChI=1S/C11H17N5O3/c17-10(13-8-1-2-8)3-4-12-5-6-16-7-9(11(18)19)14-15-16/h7-8,12H,1-6H2,(H,13,17)(H,18,19). The maximum Gasteiger partial charge on any atom is 0.358 e. The second kappa shape index (κ2) is 6.28. The molecule has 1 aromatic heterocycles. The number of hydrogen-bond donors (Lipinski definition) is 3. The van der Waals surface area contributed by atoms with E-state index in [4.69, 9.17) is 5.11 Å². The van der Waals surface area contributed by atoms with Crippen molar-refractivity contribution in [1.82, 2.24) is 25.6 Å². The summed E-state index contributed by atoms with van der Waals surface area (Å²) in [6, 6.07) is 0.400. The summed E-state index contributed by atoms with van der Waals surface area (Å²) >= 11 is 0. The molecule has 0 aromatic carbocycles. The van der Waals surface area contributed by atoms with Gasteiger partial charge in [0.15, 0.2) is 5.69 Å². The van der Waals surface area contributed by atoms with Gasteiger partial charge in [-0.1, -0.05) is 5.21 Å². The minimum atomic E-state index is -1.09. The van der Waals surface area contributed by atoms with E-state index in [0.29, 0.717) is 32.1 Å². The SMILES string of the molecule is O=C(CCNCCn1cc(C(=O)O)nn1)NC1CC1. The monoisotopic (exact) mass is 267 g/mol. The third-order valence-corrected chi connectivity index (χ3v) is 2.75. The highest BCUT2D eigenvalue weighted by molar-refractivity contribution is 5.84. The molecule has 1 saturated carbocycles. The van der Waals surface area contributed by atoms with Crippen LogP contribution in [0.5, 0.6) is 0 Å². The minimum Gasteiger partial charge on any atom is -0.476 e. The zero-order chi connectivity index (χ0) is 13.7. The molecule has 0 aliphatic heterocycles. The molecule has 3 N–H and O–H groups in total. The average molecular weight is 267 g/mol. The minimum absolute atomic E-state index is 0.0659. The van der Waals surface area contributed by atoms with Crippen LogP contribution >= 0.6 is 0 Å². The van der Waals surface area contributed by atoms with Gasteiger partial charge < -0.3 is 15.7 Å². The summed E-state index contributed by atoms with van der Waals surface area (Å²) in [5, 5.41) is 21.9. The van der Waals surface area contributed by atoms with E-state index in [-0.39, 0.29) is 11.6 Å². The molecule has 19 heavy (non-hydrogen) atoms. The lowest BCUT2D eigenvalue weighted by atomic mass is 10.4. The van der Waals surface area contributed by atoms with Crippen molar-refractivity contribution < 1.29 is 14.7 Å². The second-order valence-corrected chi connectivity index (χ2v) is 4.51. The highest BCUT2D eigenvalue weighted by Gasteiger charge is 2.22. The number of carboxylic acid groups (broad SMARTS) is 1. The van der Waals surface area contributed by atoms with E-state index in [2.05, 4.69) is 20.9 Å². The normalized spacial score (nSPS) is 14.3. The molecule has 8 heteroatoms. The zero-order valence-electron chi connectivity index (χ0n) is 10.5. The summed E-state index contributed by atoms with van der Waals surface area (Å²) < 4.78 is 1.46. The van der Waals surface area contributed by atoms with E-state index >= 15 is 0 Å². The Morgan fingerprint density at radius 2 is 2.21 bits per heavy atom. The first-order valence-electron chi connectivity index (χ1n) is 6.28. The van der Waals surface area contributed by atoms with E-state index in [0.717, 1.165) is 12.8 Å². The van der Waals surface area contributed by atoms with Gasteiger partial charge in [0.2, 0.25) is 5.91 Å². The fraction of sp³-hybridized carbons (Fsp3) is 0.636. The van der Waals surface area contributed by atoms with Crippen molar-refractivity contribution in [2.24, 2.45) is 0 Å². The van der Waals surface area contributed by atoms with Crippen LogP contribution in [0, 0.1) is 0 Å². The molecule has 0 unspecified atom stereocenters. The second-order valence-electron chi connectivity index (χ2n) is 4.51. The lowest BCUT2D eigenvalue weighted by Crippen LogP contribution is -2.30. The van der Waals surface area contributed by atoms with E-state index in [1.165, 1.54) is 10.9 Å². The molecule has 1 amide bonds. The van der Waals surface area contributed by atoms with Crippen LogP contribution in [-0.4, -0.2) is 51.1 Å². The van der Waals surface area contributed by atoms with Gasteiger partial charge in [0.1, 0.15) is 0 Å². The number of carbonyl (C=O) groups excluding carboxylic acids is 1. The number of amides is 1. The number of nitrogens with zero attached hydrogens (tertiary/aromatic N) is 3. The van der Waals surface area contributed by atoms with Crippen LogP contribution in [0.2, 0.25) is 0 Å². The maximum atomic E-state index is 11.4. The first kappa shape index (κ1) is 13.5. The summed E-state index contributed by atoms with van der Waals surface area (Å²) in [5.41, 5.74) is -0.0659. The summed E-state index contributed by atoms with van der Waals surface area (Å²) in [5.74, 6) is -1.01. The van der Waals surface area contributed by atoms with Gasteiger partial charge in [-0.25, -0.2) is 4.79 Å². The molecule has 104 valence electrons. The Morgan fingerprint density at radius 3 is 2.84 bits per heavy atom. The number of carboxylic acids is 1. The Hall–Kier alpha value is -1.96. The van der Waals surface area contributed by atoms with Crippen molar-refractivity contribution >= 4 is 11.9 Å². The molecule has 0 bridgehead atoms. The van der Waals surface area contributed by atoms with Gasteiger partial charge in [-0.05, 0) is 12.8 Å². The molecule has 2 rings (SSSR count). The largest absolute Gasteiger partial charge is 0.476 e. The van der Waals surface area contributed by atoms with Crippen LogP contribution in [0.25, 0.3) is 0 Å². The molecule has 0 saturated heterocycles. The van der Waals surface area contributed by atoms with Crippen molar-refractivity contribution in [2.45, 2.75) is 31.8 Å². The third-order valence-electron chi connectivity index (χ3n) is 2.75. The molecule has 1 heterocycles. The Kier molecular flexibility index (Phi) is 4.45. The van der Waals surface area contributed by atoms with Gasteiger partial charge in [0.25, 0.3) is 0 Å². The van der Waals surface area contributed by atoms with E-state index in [1.807, 2.05) is 0 Å². The molecule has 1 fully saturated rings. The van der Waals surface area contributed by atoms with Crippen molar-refractivity contribution in [3.05, 3.63) is 11.9 Å². The van der Waals surface area contributed by atoms with Crippen molar-refractivity contribution in [1.29, 1.82) is 0 Å².